The van der Waals surface area contributed by atoms with Crippen LogP contribution in [0.15, 0.2) is 48.5 Å². The Bertz CT molecular complexity index is 806. The van der Waals surface area contributed by atoms with E-state index in [1.54, 1.807) is 19.1 Å². The molecule has 2 aromatic carbocycles. The smallest absolute Gasteiger partial charge is 0.315 e. The third kappa shape index (κ3) is 5.29. The van der Waals surface area contributed by atoms with Gasteiger partial charge in [-0.2, -0.15) is 0 Å². The van der Waals surface area contributed by atoms with E-state index in [2.05, 4.69) is 16.0 Å². The van der Waals surface area contributed by atoms with Crippen LogP contribution in [0.2, 0.25) is 0 Å². The van der Waals surface area contributed by atoms with Crippen molar-refractivity contribution in [2.45, 2.75) is 25.8 Å². The summed E-state index contributed by atoms with van der Waals surface area (Å²) in [5.41, 5.74) is 1.86. The van der Waals surface area contributed by atoms with Crippen molar-refractivity contribution in [3.05, 3.63) is 71.0 Å². The van der Waals surface area contributed by atoms with Gasteiger partial charge in [-0.1, -0.05) is 36.4 Å². The number of hydrogen-bond donors (Lipinski definition) is 3. The predicted octanol–water partition coefficient (Wildman–Crippen LogP) is 3.31. The second-order valence-corrected chi connectivity index (χ2v) is 6.85. The van der Waals surface area contributed by atoms with Gasteiger partial charge < -0.3 is 16.0 Å². The lowest BCUT2D eigenvalue weighted by Crippen LogP contribution is -2.42. The lowest BCUT2D eigenvalue weighted by molar-refractivity contribution is 0.0953. The van der Waals surface area contributed by atoms with Crippen molar-refractivity contribution in [3.8, 4) is 0 Å². The summed E-state index contributed by atoms with van der Waals surface area (Å²) in [5.74, 6) is -0.294. The lowest BCUT2D eigenvalue weighted by Gasteiger charge is -2.19. The predicted molar refractivity (Wildman–Crippen MR) is 102 cm³/mol. The Balaban J connectivity index is 1.42. The average Bonchev–Trinajstić information content (AvgIpc) is 3.51. The molecule has 3 rings (SSSR count). The fourth-order valence-corrected chi connectivity index (χ4v) is 2.94. The molecule has 0 heterocycles. The van der Waals surface area contributed by atoms with Gasteiger partial charge in [0.25, 0.3) is 5.91 Å². The summed E-state index contributed by atoms with van der Waals surface area (Å²) in [5, 5.41) is 8.44. The van der Waals surface area contributed by atoms with Crippen LogP contribution < -0.4 is 16.0 Å². The van der Waals surface area contributed by atoms with Crippen molar-refractivity contribution in [1.82, 2.24) is 16.0 Å². The Morgan fingerprint density at radius 2 is 1.78 bits per heavy atom. The van der Waals surface area contributed by atoms with Gasteiger partial charge in [0.2, 0.25) is 0 Å². The Morgan fingerprint density at radius 1 is 1.07 bits per heavy atom. The van der Waals surface area contributed by atoms with Gasteiger partial charge in [-0.15, -0.1) is 0 Å². The van der Waals surface area contributed by atoms with Gasteiger partial charge in [0.05, 0.1) is 6.04 Å². The minimum absolute atomic E-state index is 0.0105. The van der Waals surface area contributed by atoms with E-state index in [0.29, 0.717) is 11.5 Å². The van der Waals surface area contributed by atoms with Crippen LogP contribution in [0.4, 0.5) is 9.18 Å². The number of urea groups is 1. The third-order valence-corrected chi connectivity index (χ3v) is 4.67. The standard InChI is InChI=1S/C21H24FN3O2/c1-14-7-8-17(13-18(14)22)20(26)23-11-12-24-21(27)25-19(16-9-10-16)15-5-3-2-4-6-15/h2-8,13,16,19H,9-12H2,1H3,(H,23,26)(H2,24,25,27)/t19-/m0/s1. The number of rotatable bonds is 7. The number of amides is 3. The lowest BCUT2D eigenvalue weighted by atomic mass is 10.0. The van der Waals surface area contributed by atoms with E-state index in [9.17, 15) is 14.0 Å². The number of carbonyl (C=O) groups excluding carboxylic acids is 2. The van der Waals surface area contributed by atoms with Crippen LogP contribution in [0, 0.1) is 18.7 Å². The van der Waals surface area contributed by atoms with E-state index < -0.39 is 5.82 Å². The van der Waals surface area contributed by atoms with E-state index in [1.165, 1.54) is 6.07 Å². The van der Waals surface area contributed by atoms with Gasteiger partial charge in [-0.05, 0) is 48.9 Å². The van der Waals surface area contributed by atoms with E-state index in [0.717, 1.165) is 18.4 Å². The third-order valence-electron chi connectivity index (χ3n) is 4.67. The second-order valence-electron chi connectivity index (χ2n) is 6.85. The van der Waals surface area contributed by atoms with Gasteiger partial charge in [0, 0.05) is 18.7 Å². The summed E-state index contributed by atoms with van der Waals surface area (Å²) in [6.45, 7) is 2.20. The Labute approximate surface area is 158 Å². The molecule has 1 saturated carbocycles. The highest BCUT2D eigenvalue weighted by molar-refractivity contribution is 5.94. The molecule has 142 valence electrons. The highest BCUT2D eigenvalue weighted by Gasteiger charge is 2.33. The molecule has 27 heavy (non-hydrogen) atoms. The maximum Gasteiger partial charge on any atom is 0.315 e. The molecule has 6 heteroatoms. The quantitative estimate of drug-likeness (QED) is 0.655. The first kappa shape index (κ1) is 18.9. The van der Waals surface area contributed by atoms with Crippen molar-refractivity contribution >= 4 is 11.9 Å². The zero-order chi connectivity index (χ0) is 19.2. The van der Waals surface area contributed by atoms with Crippen LogP contribution in [0.25, 0.3) is 0 Å². The zero-order valence-corrected chi connectivity index (χ0v) is 15.3. The Hall–Kier alpha value is -2.89. The minimum Gasteiger partial charge on any atom is -0.350 e. The Morgan fingerprint density at radius 3 is 2.44 bits per heavy atom. The number of halogens is 1. The monoisotopic (exact) mass is 369 g/mol. The summed E-state index contributed by atoms with van der Waals surface area (Å²) < 4.78 is 13.5. The molecule has 3 amide bonds. The van der Waals surface area contributed by atoms with E-state index in [1.807, 2.05) is 30.3 Å². The molecule has 0 spiro atoms. The minimum atomic E-state index is -0.410. The van der Waals surface area contributed by atoms with Crippen LogP contribution >= 0.6 is 0 Å². The molecule has 5 nitrogen and oxygen atoms in total. The summed E-state index contributed by atoms with van der Waals surface area (Å²) in [6.07, 6.45) is 2.23. The van der Waals surface area contributed by atoms with Crippen LogP contribution in [0.5, 0.6) is 0 Å². The normalized spacial score (nSPS) is 14.3. The first-order chi connectivity index (χ1) is 13.0. The SMILES string of the molecule is Cc1ccc(C(=O)NCCNC(=O)N[C@@H](c2ccccc2)C2CC2)cc1F. The summed E-state index contributed by atoms with van der Waals surface area (Å²) >= 11 is 0. The molecule has 0 aromatic heterocycles. The van der Waals surface area contributed by atoms with Crippen molar-refractivity contribution < 1.29 is 14.0 Å². The number of nitrogens with one attached hydrogen (secondary N) is 3. The summed E-state index contributed by atoms with van der Waals surface area (Å²) in [4.78, 5) is 24.2. The molecule has 0 aliphatic heterocycles. The molecule has 2 aromatic rings. The van der Waals surface area contributed by atoms with Gasteiger partial charge in [-0.3, -0.25) is 4.79 Å². The maximum atomic E-state index is 13.5. The topological polar surface area (TPSA) is 70.2 Å². The number of benzene rings is 2. The van der Waals surface area contributed by atoms with Crippen molar-refractivity contribution in [1.29, 1.82) is 0 Å². The molecule has 1 fully saturated rings. The molecule has 0 saturated heterocycles. The molecular weight excluding hydrogens is 345 g/mol. The van der Waals surface area contributed by atoms with Crippen LogP contribution in [0.1, 0.15) is 40.4 Å². The number of carbonyl (C=O) groups is 2. The highest BCUT2D eigenvalue weighted by Crippen LogP contribution is 2.40. The average molecular weight is 369 g/mol. The first-order valence-electron chi connectivity index (χ1n) is 9.18. The number of aryl methyl sites for hydroxylation is 1. The highest BCUT2D eigenvalue weighted by atomic mass is 19.1. The van der Waals surface area contributed by atoms with Crippen LogP contribution in [-0.4, -0.2) is 25.0 Å². The maximum absolute atomic E-state index is 13.5. The molecular formula is C21H24FN3O2. The Kier molecular flexibility index (Phi) is 6.06. The van der Waals surface area contributed by atoms with Crippen LogP contribution in [0.3, 0.4) is 0 Å². The van der Waals surface area contributed by atoms with Crippen LogP contribution in [-0.2, 0) is 0 Å². The molecule has 0 unspecified atom stereocenters. The second kappa shape index (κ2) is 8.66. The van der Waals surface area contributed by atoms with E-state index >= 15 is 0 Å². The number of hydrogen-bond acceptors (Lipinski definition) is 2. The van der Waals surface area contributed by atoms with Gasteiger partial charge in [0.1, 0.15) is 5.82 Å². The fraction of sp³-hybridized carbons (Fsp3) is 0.333. The summed E-state index contributed by atoms with van der Waals surface area (Å²) in [7, 11) is 0. The molecule has 3 N–H and O–H groups in total. The van der Waals surface area contributed by atoms with Crippen molar-refractivity contribution in [3.63, 3.8) is 0 Å². The van der Waals surface area contributed by atoms with Crippen molar-refractivity contribution in [2.75, 3.05) is 13.1 Å². The largest absolute Gasteiger partial charge is 0.350 e. The molecule has 1 aliphatic carbocycles. The first-order valence-corrected chi connectivity index (χ1v) is 9.18. The van der Waals surface area contributed by atoms with E-state index in [4.69, 9.17) is 0 Å². The van der Waals surface area contributed by atoms with Gasteiger partial charge >= 0.3 is 6.03 Å². The van der Waals surface area contributed by atoms with Gasteiger partial charge in [-0.25, -0.2) is 9.18 Å². The van der Waals surface area contributed by atoms with E-state index in [-0.39, 0.29) is 36.6 Å². The molecule has 0 bridgehead atoms. The molecule has 0 radical (unpaired) electrons. The fourth-order valence-electron chi connectivity index (χ4n) is 2.94. The summed E-state index contributed by atoms with van der Waals surface area (Å²) in [6, 6.07) is 14.0. The molecule has 1 atom stereocenters. The van der Waals surface area contributed by atoms with Crippen molar-refractivity contribution in [2.24, 2.45) is 5.92 Å². The zero-order valence-electron chi connectivity index (χ0n) is 15.3. The van der Waals surface area contributed by atoms with Gasteiger partial charge in [0.15, 0.2) is 0 Å². The molecule has 1 aliphatic rings.